The highest BCUT2D eigenvalue weighted by Gasteiger charge is 2.30. The molecule has 1 aromatic carbocycles. The fourth-order valence-electron chi connectivity index (χ4n) is 1.81. The Morgan fingerprint density at radius 1 is 1.47 bits per heavy atom. The predicted molar refractivity (Wildman–Crippen MR) is 63.7 cm³/mol. The van der Waals surface area contributed by atoms with Gasteiger partial charge in [-0.2, -0.15) is 0 Å². The summed E-state index contributed by atoms with van der Waals surface area (Å²) in [6.07, 6.45) is 0.748. The van der Waals surface area contributed by atoms with Crippen molar-refractivity contribution in [1.82, 2.24) is 0 Å². The Hall–Kier alpha value is -1.84. The number of benzene rings is 1. The number of ether oxygens (including phenoxy) is 1. The highest BCUT2D eigenvalue weighted by Crippen LogP contribution is 2.17. The zero-order chi connectivity index (χ0) is 12.1. The molecule has 4 heteroatoms. The standard InChI is InChI=1S/C13H15NO3/c1-2-16-13(15)12-11(9-17-14-12)8-10-6-4-3-5-7-10/h3-7,11H,2,8-9H2,1H3. The quantitative estimate of drug-likeness (QED) is 0.745. The molecular weight excluding hydrogens is 218 g/mol. The predicted octanol–water partition coefficient (Wildman–Crippen LogP) is 1.79. The average molecular weight is 233 g/mol. The van der Waals surface area contributed by atoms with Crippen molar-refractivity contribution >= 4 is 11.7 Å². The van der Waals surface area contributed by atoms with E-state index in [1.165, 1.54) is 5.56 Å². The lowest BCUT2D eigenvalue weighted by Gasteiger charge is -2.09. The van der Waals surface area contributed by atoms with E-state index in [1.807, 2.05) is 30.3 Å². The molecule has 0 bridgehead atoms. The van der Waals surface area contributed by atoms with E-state index in [9.17, 15) is 4.79 Å². The van der Waals surface area contributed by atoms with E-state index < -0.39 is 0 Å². The number of esters is 1. The molecule has 90 valence electrons. The molecule has 1 unspecified atom stereocenters. The number of oxime groups is 1. The first-order valence-electron chi connectivity index (χ1n) is 5.72. The third kappa shape index (κ3) is 2.84. The summed E-state index contributed by atoms with van der Waals surface area (Å²) in [5.41, 5.74) is 1.57. The summed E-state index contributed by atoms with van der Waals surface area (Å²) in [6.45, 7) is 2.58. The van der Waals surface area contributed by atoms with Crippen molar-refractivity contribution in [2.75, 3.05) is 13.2 Å². The second-order valence-electron chi connectivity index (χ2n) is 3.88. The van der Waals surface area contributed by atoms with Crippen LogP contribution in [0.1, 0.15) is 12.5 Å². The second kappa shape index (κ2) is 5.48. The minimum atomic E-state index is -0.370. The fraction of sp³-hybridized carbons (Fsp3) is 0.385. The Bertz CT molecular complexity index is 414. The normalized spacial score (nSPS) is 18.4. The lowest BCUT2D eigenvalue weighted by molar-refractivity contribution is -0.135. The van der Waals surface area contributed by atoms with Crippen LogP contribution >= 0.6 is 0 Å². The maximum absolute atomic E-state index is 11.6. The number of hydrogen-bond acceptors (Lipinski definition) is 4. The number of nitrogens with zero attached hydrogens (tertiary/aromatic N) is 1. The molecule has 0 fully saturated rings. The summed E-state index contributed by atoms with van der Waals surface area (Å²) < 4.78 is 4.94. The van der Waals surface area contributed by atoms with Crippen LogP contribution < -0.4 is 0 Å². The minimum Gasteiger partial charge on any atom is -0.461 e. The zero-order valence-corrected chi connectivity index (χ0v) is 9.76. The number of carbonyl (C=O) groups excluding carboxylic acids is 1. The molecule has 0 amide bonds. The average Bonchev–Trinajstić information content (AvgIpc) is 2.79. The van der Waals surface area contributed by atoms with Crippen molar-refractivity contribution in [1.29, 1.82) is 0 Å². The molecule has 1 aromatic rings. The molecule has 0 aliphatic carbocycles. The van der Waals surface area contributed by atoms with E-state index in [0.717, 1.165) is 6.42 Å². The van der Waals surface area contributed by atoms with Gasteiger partial charge in [0.1, 0.15) is 6.61 Å². The first-order chi connectivity index (χ1) is 8.31. The lowest BCUT2D eigenvalue weighted by Crippen LogP contribution is -2.26. The molecule has 2 rings (SSSR count). The summed E-state index contributed by atoms with van der Waals surface area (Å²) in [5, 5.41) is 3.77. The van der Waals surface area contributed by atoms with E-state index in [2.05, 4.69) is 5.16 Å². The minimum absolute atomic E-state index is 0.00329. The van der Waals surface area contributed by atoms with E-state index in [-0.39, 0.29) is 11.9 Å². The molecule has 0 aromatic heterocycles. The van der Waals surface area contributed by atoms with Gasteiger partial charge in [-0.15, -0.1) is 0 Å². The van der Waals surface area contributed by atoms with Crippen LogP contribution in [-0.2, 0) is 20.8 Å². The Morgan fingerprint density at radius 3 is 2.94 bits per heavy atom. The van der Waals surface area contributed by atoms with E-state index in [0.29, 0.717) is 18.9 Å². The van der Waals surface area contributed by atoms with Crippen LogP contribution in [0.2, 0.25) is 0 Å². The molecule has 0 saturated heterocycles. The highest BCUT2D eigenvalue weighted by atomic mass is 16.6. The van der Waals surface area contributed by atoms with Gasteiger partial charge in [-0.05, 0) is 18.9 Å². The number of carbonyl (C=O) groups is 1. The molecule has 1 aliphatic rings. The van der Waals surface area contributed by atoms with Crippen LogP contribution in [0.3, 0.4) is 0 Å². The Kier molecular flexibility index (Phi) is 3.75. The van der Waals surface area contributed by atoms with Crippen molar-refractivity contribution < 1.29 is 14.4 Å². The fourth-order valence-corrected chi connectivity index (χ4v) is 1.81. The summed E-state index contributed by atoms with van der Waals surface area (Å²) in [5.74, 6) is -0.373. The van der Waals surface area contributed by atoms with Crippen LogP contribution in [0, 0.1) is 5.92 Å². The first-order valence-corrected chi connectivity index (χ1v) is 5.72. The molecule has 1 aliphatic heterocycles. The van der Waals surface area contributed by atoms with Gasteiger partial charge in [0.15, 0.2) is 5.71 Å². The zero-order valence-electron chi connectivity index (χ0n) is 9.76. The second-order valence-corrected chi connectivity index (χ2v) is 3.88. The summed E-state index contributed by atoms with van der Waals surface area (Å²) in [7, 11) is 0. The van der Waals surface area contributed by atoms with Crippen LogP contribution in [-0.4, -0.2) is 24.9 Å². The molecule has 0 N–H and O–H groups in total. The largest absolute Gasteiger partial charge is 0.461 e. The van der Waals surface area contributed by atoms with Gasteiger partial charge in [0.25, 0.3) is 0 Å². The molecule has 1 heterocycles. The number of hydrogen-bond donors (Lipinski definition) is 0. The maximum Gasteiger partial charge on any atom is 0.356 e. The highest BCUT2D eigenvalue weighted by molar-refractivity contribution is 6.37. The van der Waals surface area contributed by atoms with Gasteiger partial charge in [-0.25, -0.2) is 4.79 Å². The molecule has 0 radical (unpaired) electrons. The van der Waals surface area contributed by atoms with Crippen molar-refractivity contribution in [3.63, 3.8) is 0 Å². The summed E-state index contributed by atoms with van der Waals surface area (Å²) >= 11 is 0. The van der Waals surface area contributed by atoms with Gasteiger partial charge in [-0.3, -0.25) is 0 Å². The SMILES string of the molecule is CCOC(=O)C1=NOCC1Cc1ccccc1. The van der Waals surface area contributed by atoms with Crippen molar-refractivity contribution in [3.8, 4) is 0 Å². The molecule has 1 atom stereocenters. The smallest absolute Gasteiger partial charge is 0.356 e. The summed E-state index contributed by atoms with van der Waals surface area (Å²) in [4.78, 5) is 16.6. The Labute approximate surface area is 100 Å². The first kappa shape index (κ1) is 11.6. The third-order valence-electron chi connectivity index (χ3n) is 2.63. The van der Waals surface area contributed by atoms with Gasteiger partial charge in [0.05, 0.1) is 12.5 Å². The maximum atomic E-state index is 11.6. The lowest BCUT2D eigenvalue weighted by atomic mass is 9.96. The van der Waals surface area contributed by atoms with Crippen molar-refractivity contribution in [3.05, 3.63) is 35.9 Å². The van der Waals surface area contributed by atoms with Gasteiger partial charge in [0.2, 0.25) is 0 Å². The molecule has 4 nitrogen and oxygen atoms in total. The van der Waals surface area contributed by atoms with Crippen LogP contribution in [0.15, 0.2) is 35.5 Å². The van der Waals surface area contributed by atoms with Gasteiger partial charge < -0.3 is 9.57 Å². The topological polar surface area (TPSA) is 47.9 Å². The molecule has 0 saturated carbocycles. The molecular formula is C13H15NO3. The van der Waals surface area contributed by atoms with Gasteiger partial charge in [0, 0.05) is 0 Å². The van der Waals surface area contributed by atoms with Gasteiger partial charge >= 0.3 is 5.97 Å². The monoisotopic (exact) mass is 233 g/mol. The van der Waals surface area contributed by atoms with Crippen molar-refractivity contribution in [2.24, 2.45) is 11.1 Å². The van der Waals surface area contributed by atoms with Gasteiger partial charge in [-0.1, -0.05) is 35.5 Å². The van der Waals surface area contributed by atoms with Crippen LogP contribution in [0.25, 0.3) is 0 Å². The number of rotatable bonds is 4. The van der Waals surface area contributed by atoms with E-state index in [1.54, 1.807) is 6.92 Å². The summed E-state index contributed by atoms with van der Waals surface area (Å²) in [6, 6.07) is 9.98. The Morgan fingerprint density at radius 2 is 2.24 bits per heavy atom. The van der Waals surface area contributed by atoms with Crippen molar-refractivity contribution in [2.45, 2.75) is 13.3 Å². The molecule has 17 heavy (non-hydrogen) atoms. The van der Waals surface area contributed by atoms with Crippen LogP contribution in [0.5, 0.6) is 0 Å². The third-order valence-corrected chi connectivity index (χ3v) is 2.63. The Balaban J connectivity index is 2.02. The van der Waals surface area contributed by atoms with E-state index >= 15 is 0 Å². The molecule has 0 spiro atoms. The van der Waals surface area contributed by atoms with E-state index in [4.69, 9.17) is 9.57 Å². The van der Waals surface area contributed by atoms with Crippen LogP contribution in [0.4, 0.5) is 0 Å².